The third kappa shape index (κ3) is 6.19. The number of hydrogen-bond donors (Lipinski definition) is 1. The van der Waals surface area contributed by atoms with E-state index in [1.807, 2.05) is 0 Å². The standard InChI is InChI=1S/C22H30F4O10S/c1-10(27)34-14-12-8-11-13(14)19(28)35-15(11)16(12)36-20(29)21(2,3)9-33-7-5-4-6-22(25,26)17(23)18(24)37(30,31)32/h11-18H,4-9H2,1-3H3,(H,30,31,32). The number of rotatable bonds is 13. The summed E-state index contributed by atoms with van der Waals surface area (Å²) < 4.78 is 105. The van der Waals surface area contributed by atoms with E-state index in [4.69, 9.17) is 23.5 Å². The van der Waals surface area contributed by atoms with Crippen molar-refractivity contribution >= 4 is 28.0 Å². The molecular formula is C22H30F4O10S. The van der Waals surface area contributed by atoms with E-state index in [0.29, 0.717) is 6.42 Å². The van der Waals surface area contributed by atoms with Gasteiger partial charge in [-0.05, 0) is 33.1 Å². The zero-order chi connectivity index (χ0) is 27.9. The molecule has 1 aliphatic heterocycles. The number of carbonyl (C=O) groups is 3. The van der Waals surface area contributed by atoms with Crippen molar-refractivity contribution in [1.82, 2.24) is 0 Å². The number of fused-ring (bicyclic) bond motifs is 1. The second-order valence-corrected chi connectivity index (χ2v) is 11.8. The van der Waals surface area contributed by atoms with Gasteiger partial charge in [-0.15, -0.1) is 0 Å². The first-order valence-corrected chi connectivity index (χ1v) is 13.3. The molecule has 37 heavy (non-hydrogen) atoms. The van der Waals surface area contributed by atoms with Crippen molar-refractivity contribution in [3.05, 3.63) is 0 Å². The highest BCUT2D eigenvalue weighted by atomic mass is 32.2. The summed E-state index contributed by atoms with van der Waals surface area (Å²) in [4.78, 5) is 36.6. The van der Waals surface area contributed by atoms with Crippen LogP contribution < -0.4 is 0 Å². The molecule has 0 radical (unpaired) electrons. The lowest BCUT2D eigenvalue weighted by atomic mass is 9.85. The largest absolute Gasteiger partial charge is 0.461 e. The van der Waals surface area contributed by atoms with Crippen LogP contribution in [0, 0.1) is 23.2 Å². The Bertz CT molecular complexity index is 1000. The Morgan fingerprint density at radius 1 is 1.14 bits per heavy atom. The molecule has 212 valence electrons. The summed E-state index contributed by atoms with van der Waals surface area (Å²) in [6.45, 7) is 3.97. The first kappa shape index (κ1) is 29.6. The number of ether oxygens (including phenoxy) is 4. The number of halogens is 4. The van der Waals surface area contributed by atoms with Crippen LogP contribution in [-0.4, -0.2) is 80.0 Å². The fourth-order valence-corrected chi connectivity index (χ4v) is 5.65. The third-order valence-electron chi connectivity index (χ3n) is 7.00. The highest BCUT2D eigenvalue weighted by Gasteiger charge is 2.69. The minimum absolute atomic E-state index is 0.0356. The molecule has 2 saturated carbocycles. The van der Waals surface area contributed by atoms with Crippen molar-refractivity contribution in [3.63, 3.8) is 0 Å². The van der Waals surface area contributed by atoms with Gasteiger partial charge in [0.1, 0.15) is 24.2 Å². The topological polar surface area (TPSA) is 142 Å². The number of esters is 3. The normalized spacial score (nSPS) is 30.6. The Morgan fingerprint density at radius 2 is 1.78 bits per heavy atom. The van der Waals surface area contributed by atoms with E-state index in [2.05, 4.69) is 0 Å². The molecule has 8 unspecified atom stereocenters. The zero-order valence-electron chi connectivity index (χ0n) is 20.4. The lowest BCUT2D eigenvalue weighted by Gasteiger charge is -2.33. The highest BCUT2D eigenvalue weighted by molar-refractivity contribution is 7.86. The highest BCUT2D eigenvalue weighted by Crippen LogP contribution is 2.56. The van der Waals surface area contributed by atoms with Gasteiger partial charge in [0.15, 0.2) is 0 Å². The molecule has 0 spiro atoms. The van der Waals surface area contributed by atoms with Gasteiger partial charge in [-0.1, -0.05) is 0 Å². The smallest absolute Gasteiger partial charge is 0.314 e. The summed E-state index contributed by atoms with van der Waals surface area (Å²) in [5.74, 6) is -7.23. The van der Waals surface area contributed by atoms with Gasteiger partial charge in [-0.25, -0.2) is 17.6 Å². The molecule has 15 heteroatoms. The predicted molar refractivity (Wildman–Crippen MR) is 115 cm³/mol. The molecule has 8 atom stereocenters. The van der Waals surface area contributed by atoms with Crippen molar-refractivity contribution in [2.75, 3.05) is 13.2 Å². The summed E-state index contributed by atoms with van der Waals surface area (Å²) in [7, 11) is -5.61. The van der Waals surface area contributed by atoms with Crippen molar-refractivity contribution in [3.8, 4) is 0 Å². The fourth-order valence-electron chi connectivity index (χ4n) is 5.15. The average Bonchev–Trinajstić information content (AvgIpc) is 3.38. The maximum absolute atomic E-state index is 13.7. The summed E-state index contributed by atoms with van der Waals surface area (Å²) in [5.41, 5.74) is -4.95. The van der Waals surface area contributed by atoms with Gasteiger partial charge in [0.2, 0.25) is 6.17 Å². The van der Waals surface area contributed by atoms with Crippen LogP contribution in [0.15, 0.2) is 0 Å². The van der Waals surface area contributed by atoms with Gasteiger partial charge < -0.3 is 18.9 Å². The number of carbonyl (C=O) groups excluding carboxylic acids is 3. The van der Waals surface area contributed by atoms with Crippen LogP contribution in [0.3, 0.4) is 0 Å². The van der Waals surface area contributed by atoms with E-state index < -0.39 is 81.7 Å². The van der Waals surface area contributed by atoms with Gasteiger partial charge in [0.25, 0.3) is 11.4 Å². The molecule has 0 aromatic rings. The summed E-state index contributed by atoms with van der Waals surface area (Å²) in [5, 5.41) is 0. The summed E-state index contributed by atoms with van der Waals surface area (Å²) in [6.07, 6.45) is -6.95. The van der Waals surface area contributed by atoms with Crippen molar-refractivity contribution in [1.29, 1.82) is 0 Å². The van der Waals surface area contributed by atoms with Crippen LogP contribution in [0.1, 0.15) is 46.5 Å². The Morgan fingerprint density at radius 3 is 2.38 bits per heavy atom. The molecule has 1 heterocycles. The Kier molecular flexibility index (Phi) is 8.50. The molecule has 1 N–H and O–H groups in total. The first-order valence-electron chi connectivity index (χ1n) is 11.8. The molecule has 10 nitrogen and oxygen atoms in total. The SMILES string of the molecule is CC(=O)OC1C2CC3C(OC(=O)C31)C2OC(=O)C(C)(C)COCCCCC(F)(F)C(F)C(F)S(=O)(=O)O. The molecular weight excluding hydrogens is 532 g/mol. The van der Waals surface area contributed by atoms with Gasteiger partial charge in [-0.2, -0.15) is 8.42 Å². The quantitative estimate of drug-likeness (QED) is 0.117. The average molecular weight is 563 g/mol. The van der Waals surface area contributed by atoms with Crippen LogP contribution in [0.25, 0.3) is 0 Å². The van der Waals surface area contributed by atoms with Crippen molar-refractivity contribution in [2.24, 2.45) is 23.2 Å². The van der Waals surface area contributed by atoms with Crippen LogP contribution in [-0.2, 0) is 43.4 Å². The van der Waals surface area contributed by atoms with Crippen LogP contribution in [0.5, 0.6) is 0 Å². The van der Waals surface area contributed by atoms with E-state index in [0.717, 1.165) is 0 Å². The lowest BCUT2D eigenvalue weighted by Crippen LogP contribution is -2.46. The van der Waals surface area contributed by atoms with E-state index in [1.54, 1.807) is 0 Å². The Hall–Kier alpha value is -2.00. The molecule has 0 aromatic heterocycles. The molecule has 3 aliphatic rings. The first-order chi connectivity index (χ1) is 17.0. The van der Waals surface area contributed by atoms with Crippen molar-refractivity contribution < 1.29 is 63.9 Å². The van der Waals surface area contributed by atoms with Crippen LogP contribution >= 0.6 is 0 Å². The minimum Gasteiger partial charge on any atom is -0.461 e. The molecule has 0 amide bonds. The monoisotopic (exact) mass is 562 g/mol. The van der Waals surface area contributed by atoms with Gasteiger partial charge >= 0.3 is 28.0 Å². The maximum Gasteiger partial charge on any atom is 0.314 e. The van der Waals surface area contributed by atoms with Gasteiger partial charge in [-0.3, -0.25) is 18.9 Å². The number of unbranched alkanes of at least 4 members (excludes halogenated alkanes) is 1. The van der Waals surface area contributed by atoms with Gasteiger partial charge in [0.05, 0.1) is 12.0 Å². The Labute approximate surface area is 211 Å². The number of hydrogen-bond acceptors (Lipinski definition) is 9. The number of alkyl halides is 4. The van der Waals surface area contributed by atoms with E-state index in [1.165, 1.54) is 20.8 Å². The second-order valence-electron chi connectivity index (χ2n) is 10.4. The van der Waals surface area contributed by atoms with E-state index in [9.17, 15) is 40.4 Å². The fraction of sp³-hybridized carbons (Fsp3) is 0.864. The Balaban J connectivity index is 1.44. The second kappa shape index (κ2) is 10.6. The van der Waals surface area contributed by atoms with Crippen LogP contribution in [0.2, 0.25) is 0 Å². The molecule has 2 bridgehead atoms. The molecule has 2 aliphatic carbocycles. The van der Waals surface area contributed by atoms with Crippen molar-refractivity contribution in [2.45, 2.75) is 82.4 Å². The third-order valence-corrected chi connectivity index (χ3v) is 7.81. The lowest BCUT2D eigenvalue weighted by molar-refractivity contribution is -0.177. The zero-order valence-corrected chi connectivity index (χ0v) is 21.2. The molecule has 3 rings (SSSR count). The van der Waals surface area contributed by atoms with Gasteiger partial charge in [0, 0.05) is 31.8 Å². The molecule has 3 fully saturated rings. The minimum atomic E-state index is -5.61. The molecule has 0 aromatic carbocycles. The van der Waals surface area contributed by atoms with E-state index in [-0.39, 0.29) is 37.9 Å². The molecule has 1 saturated heterocycles. The maximum atomic E-state index is 13.7. The van der Waals surface area contributed by atoms with E-state index >= 15 is 0 Å². The van der Waals surface area contributed by atoms with Crippen LogP contribution in [0.4, 0.5) is 17.6 Å². The summed E-state index contributed by atoms with van der Waals surface area (Å²) in [6, 6.07) is 0. The summed E-state index contributed by atoms with van der Waals surface area (Å²) >= 11 is 0. The predicted octanol–water partition coefficient (Wildman–Crippen LogP) is 2.39.